The van der Waals surface area contributed by atoms with Crippen molar-refractivity contribution in [3.05, 3.63) is 24.3 Å². The van der Waals surface area contributed by atoms with Crippen molar-refractivity contribution in [2.75, 3.05) is 27.7 Å². The molecule has 0 spiro atoms. The molecule has 0 aliphatic rings. The molecule has 3 N–H and O–H groups in total. The molecular weight excluding hydrogens is 421 g/mol. The summed E-state index contributed by atoms with van der Waals surface area (Å²) < 4.78 is 12.1. The maximum atomic E-state index is 11.8. The fourth-order valence-corrected chi connectivity index (χ4v) is 5.09. The van der Waals surface area contributed by atoms with E-state index in [1.807, 2.05) is 21.1 Å². The molecule has 5 nitrogen and oxygen atoms in total. The predicted octanol–water partition coefficient (Wildman–Crippen LogP) is 6.93. The average molecular weight is 475 g/mol. The van der Waals surface area contributed by atoms with Gasteiger partial charge in [0.05, 0.1) is 21.1 Å². The van der Waals surface area contributed by atoms with E-state index in [0.29, 0.717) is 10.9 Å². The standard InChI is InChI=1S/C26H52NO4P/c1-5-6-7-8-9-10-11-12-13-14-15-16-17-18-19-20-21-22-23-24-26(28,32(29,30)31)25-27(2,3)4/h6-7,11-12,28H,5,8-10,13-25H2,1-4H3,(H-,29,30,31)/p+1/b7-6-,12-11-. The van der Waals surface area contributed by atoms with Gasteiger partial charge in [0.25, 0.3) is 0 Å². The van der Waals surface area contributed by atoms with Crippen LogP contribution in [-0.4, -0.2) is 52.4 Å². The summed E-state index contributed by atoms with van der Waals surface area (Å²) in [5.74, 6) is 0. The molecule has 0 aliphatic heterocycles. The van der Waals surface area contributed by atoms with Gasteiger partial charge in [-0.1, -0.05) is 82.6 Å². The molecule has 6 heteroatoms. The van der Waals surface area contributed by atoms with Crippen molar-refractivity contribution in [1.29, 1.82) is 0 Å². The highest BCUT2D eigenvalue weighted by molar-refractivity contribution is 7.53. The van der Waals surface area contributed by atoms with Crippen molar-refractivity contribution in [3.8, 4) is 0 Å². The minimum Gasteiger partial charge on any atom is -0.373 e. The second-order valence-corrected chi connectivity index (χ2v) is 12.3. The minimum absolute atomic E-state index is 0.0592. The molecular formula is C26H53NO4P+. The predicted molar refractivity (Wildman–Crippen MR) is 138 cm³/mol. The minimum atomic E-state index is -4.54. The number of likely N-dealkylation sites (N-methyl/N-ethyl adjacent to an activating group) is 1. The quantitative estimate of drug-likeness (QED) is 0.0729. The molecule has 1 atom stereocenters. The normalized spacial score (nSPS) is 15.1. The number of hydrogen-bond acceptors (Lipinski definition) is 2. The first-order valence-corrected chi connectivity index (χ1v) is 14.5. The first kappa shape index (κ1) is 31.6. The lowest BCUT2D eigenvalue weighted by atomic mass is 10.0. The summed E-state index contributed by atoms with van der Waals surface area (Å²) in [5.41, 5.74) is 0. The Kier molecular flexibility index (Phi) is 17.7. The van der Waals surface area contributed by atoms with Crippen molar-refractivity contribution in [1.82, 2.24) is 0 Å². The highest BCUT2D eigenvalue weighted by Gasteiger charge is 2.48. The Balaban J connectivity index is 3.61. The van der Waals surface area contributed by atoms with Crippen LogP contribution in [0.3, 0.4) is 0 Å². The molecule has 0 fully saturated rings. The number of hydrogen-bond donors (Lipinski definition) is 3. The fraction of sp³-hybridized carbons (Fsp3) is 0.846. The van der Waals surface area contributed by atoms with E-state index in [2.05, 4.69) is 31.2 Å². The highest BCUT2D eigenvalue weighted by atomic mass is 31.2. The molecule has 0 aromatic carbocycles. The Hall–Kier alpha value is -0.450. The molecule has 0 aromatic heterocycles. The monoisotopic (exact) mass is 474 g/mol. The Labute approximate surface area is 198 Å². The van der Waals surface area contributed by atoms with E-state index in [9.17, 15) is 19.5 Å². The smallest absolute Gasteiger partial charge is 0.362 e. The Morgan fingerprint density at radius 1 is 0.688 bits per heavy atom. The summed E-state index contributed by atoms with van der Waals surface area (Å²) >= 11 is 0. The molecule has 0 amide bonds. The number of rotatable bonds is 21. The van der Waals surface area contributed by atoms with E-state index >= 15 is 0 Å². The highest BCUT2D eigenvalue weighted by Crippen LogP contribution is 2.52. The lowest BCUT2D eigenvalue weighted by molar-refractivity contribution is -0.875. The number of aliphatic hydroxyl groups is 1. The van der Waals surface area contributed by atoms with Crippen LogP contribution in [-0.2, 0) is 4.57 Å². The molecule has 0 rings (SSSR count). The molecule has 0 saturated heterocycles. The van der Waals surface area contributed by atoms with Gasteiger partial charge in [0.1, 0.15) is 6.54 Å². The molecule has 0 bridgehead atoms. The van der Waals surface area contributed by atoms with Crippen LogP contribution >= 0.6 is 7.60 Å². The second-order valence-electron chi connectivity index (χ2n) is 10.3. The van der Waals surface area contributed by atoms with Gasteiger partial charge in [-0.2, -0.15) is 0 Å². The summed E-state index contributed by atoms with van der Waals surface area (Å²) in [6.45, 7) is 2.23. The number of quaternary nitrogens is 1. The summed E-state index contributed by atoms with van der Waals surface area (Å²) in [6, 6.07) is 0. The first-order valence-electron chi connectivity index (χ1n) is 12.9. The SMILES string of the molecule is CC/C=C\CCC/C=C\CCCCCCCCCCCCC(O)(C[N+](C)(C)C)P(=O)(O)O. The van der Waals surface area contributed by atoms with Crippen LogP contribution in [0.25, 0.3) is 0 Å². The molecule has 0 aromatic rings. The van der Waals surface area contributed by atoms with Crippen molar-refractivity contribution in [2.24, 2.45) is 0 Å². The molecule has 0 aliphatic carbocycles. The van der Waals surface area contributed by atoms with Gasteiger partial charge < -0.3 is 19.4 Å². The van der Waals surface area contributed by atoms with Crippen LogP contribution < -0.4 is 0 Å². The zero-order chi connectivity index (χ0) is 24.3. The third kappa shape index (κ3) is 18.0. The molecule has 0 heterocycles. The van der Waals surface area contributed by atoms with E-state index in [4.69, 9.17) is 0 Å². The van der Waals surface area contributed by atoms with Gasteiger partial charge in [-0.05, 0) is 51.4 Å². The second kappa shape index (κ2) is 18.0. The van der Waals surface area contributed by atoms with Crippen LogP contribution in [0.15, 0.2) is 24.3 Å². The van der Waals surface area contributed by atoms with Crippen LogP contribution in [0.4, 0.5) is 0 Å². The summed E-state index contributed by atoms with van der Waals surface area (Å²) in [5, 5.41) is 8.63. The molecule has 1 unspecified atom stereocenters. The third-order valence-electron chi connectivity index (χ3n) is 5.78. The summed E-state index contributed by atoms with van der Waals surface area (Å²) in [4.78, 5) is 19.2. The van der Waals surface area contributed by atoms with Crippen molar-refractivity contribution >= 4 is 7.60 Å². The van der Waals surface area contributed by atoms with Gasteiger partial charge in [0, 0.05) is 0 Å². The zero-order valence-electron chi connectivity index (χ0n) is 21.5. The summed E-state index contributed by atoms with van der Waals surface area (Å²) in [7, 11) is 0.973. The van der Waals surface area contributed by atoms with Gasteiger partial charge in [-0.25, -0.2) is 0 Å². The molecule has 0 saturated carbocycles. The number of unbranched alkanes of at least 4 members (excludes halogenated alkanes) is 12. The zero-order valence-corrected chi connectivity index (χ0v) is 22.4. The Morgan fingerprint density at radius 2 is 1.09 bits per heavy atom. The third-order valence-corrected chi connectivity index (χ3v) is 7.23. The van der Waals surface area contributed by atoms with Crippen LogP contribution in [0.1, 0.15) is 110 Å². The van der Waals surface area contributed by atoms with Crippen molar-refractivity contribution < 1.29 is 23.9 Å². The van der Waals surface area contributed by atoms with E-state index in [-0.39, 0.29) is 13.0 Å². The van der Waals surface area contributed by atoms with Gasteiger partial charge in [-0.3, -0.25) is 4.57 Å². The van der Waals surface area contributed by atoms with Crippen LogP contribution in [0.2, 0.25) is 0 Å². The fourth-order valence-electron chi connectivity index (χ4n) is 4.03. The molecule has 190 valence electrons. The van der Waals surface area contributed by atoms with Crippen molar-refractivity contribution in [2.45, 2.75) is 115 Å². The lowest BCUT2D eigenvalue weighted by Crippen LogP contribution is -2.49. The molecule has 0 radical (unpaired) electrons. The van der Waals surface area contributed by atoms with Gasteiger partial charge in [-0.15, -0.1) is 0 Å². The topological polar surface area (TPSA) is 77.8 Å². The largest absolute Gasteiger partial charge is 0.373 e. The van der Waals surface area contributed by atoms with Gasteiger partial charge in [0.15, 0.2) is 0 Å². The van der Waals surface area contributed by atoms with E-state index in [1.165, 1.54) is 70.6 Å². The number of nitrogens with zero attached hydrogens (tertiary/aromatic N) is 1. The molecule has 32 heavy (non-hydrogen) atoms. The van der Waals surface area contributed by atoms with E-state index in [0.717, 1.165) is 19.3 Å². The van der Waals surface area contributed by atoms with E-state index in [1.54, 1.807) is 0 Å². The van der Waals surface area contributed by atoms with Gasteiger partial charge >= 0.3 is 7.60 Å². The van der Waals surface area contributed by atoms with Gasteiger partial charge in [0.2, 0.25) is 5.34 Å². The number of allylic oxidation sites excluding steroid dienone is 4. The average Bonchev–Trinajstić information content (AvgIpc) is 2.67. The van der Waals surface area contributed by atoms with Crippen molar-refractivity contribution in [3.63, 3.8) is 0 Å². The maximum Gasteiger partial charge on any atom is 0.362 e. The Morgan fingerprint density at radius 3 is 1.53 bits per heavy atom. The Bertz CT molecular complexity index is 551. The lowest BCUT2D eigenvalue weighted by Gasteiger charge is -2.35. The van der Waals surface area contributed by atoms with Crippen LogP contribution in [0.5, 0.6) is 0 Å². The van der Waals surface area contributed by atoms with Crippen LogP contribution in [0, 0.1) is 0 Å². The first-order chi connectivity index (χ1) is 15.0. The maximum absolute atomic E-state index is 11.8. The summed E-state index contributed by atoms with van der Waals surface area (Å²) in [6.07, 6.45) is 26.9. The van der Waals surface area contributed by atoms with E-state index < -0.39 is 12.9 Å².